The second-order valence-electron chi connectivity index (χ2n) is 6.91. The molecule has 1 aliphatic rings. The molecule has 2 aromatic carbocycles. The van der Waals surface area contributed by atoms with Crippen LogP contribution in [0.5, 0.6) is 5.75 Å². The predicted octanol–water partition coefficient (Wildman–Crippen LogP) is 4.80. The van der Waals surface area contributed by atoms with Crippen molar-refractivity contribution in [3.8, 4) is 5.75 Å². The molecule has 1 fully saturated rings. The van der Waals surface area contributed by atoms with Crippen molar-refractivity contribution in [2.45, 2.75) is 19.4 Å². The standard InChI is InChI=1S/C21H26BrClN2O2/c22-19-13-18(23)5-6-21(19)27-12-9-24-20-4-2-1-3-17(20)14-25-10-7-16(15-26)8-11-25/h1-6,13,16,24,26H,7-12,14-15H2. The average Bonchev–Trinajstić information content (AvgIpc) is 2.68. The number of likely N-dealkylation sites (tertiary alicyclic amines) is 1. The number of ether oxygens (including phenoxy) is 1. The summed E-state index contributed by atoms with van der Waals surface area (Å²) in [5.41, 5.74) is 2.45. The van der Waals surface area contributed by atoms with Crippen molar-refractivity contribution in [2.24, 2.45) is 5.92 Å². The Morgan fingerprint density at radius 2 is 1.96 bits per heavy atom. The van der Waals surface area contributed by atoms with Gasteiger partial charge in [0, 0.05) is 30.4 Å². The number of para-hydroxylation sites is 1. The number of halogens is 2. The Hall–Kier alpha value is -1.27. The molecule has 0 radical (unpaired) electrons. The van der Waals surface area contributed by atoms with E-state index in [4.69, 9.17) is 16.3 Å². The molecule has 1 saturated heterocycles. The summed E-state index contributed by atoms with van der Waals surface area (Å²) in [4.78, 5) is 2.47. The lowest BCUT2D eigenvalue weighted by Crippen LogP contribution is -2.34. The Labute approximate surface area is 174 Å². The number of benzene rings is 2. The van der Waals surface area contributed by atoms with Crippen LogP contribution in [0.4, 0.5) is 5.69 Å². The van der Waals surface area contributed by atoms with Crippen LogP contribution in [0.25, 0.3) is 0 Å². The Bertz CT molecular complexity index is 736. The van der Waals surface area contributed by atoms with E-state index in [-0.39, 0.29) is 0 Å². The fraction of sp³-hybridized carbons (Fsp3) is 0.429. The van der Waals surface area contributed by atoms with Gasteiger partial charge in [-0.05, 0) is 77.6 Å². The fourth-order valence-corrected chi connectivity index (χ4v) is 4.13. The Balaban J connectivity index is 1.49. The highest BCUT2D eigenvalue weighted by atomic mass is 79.9. The quantitative estimate of drug-likeness (QED) is 0.564. The molecule has 0 spiro atoms. The molecular formula is C21H26BrClN2O2. The van der Waals surface area contributed by atoms with Crippen LogP contribution in [0.3, 0.4) is 0 Å². The highest BCUT2D eigenvalue weighted by Crippen LogP contribution is 2.28. The summed E-state index contributed by atoms with van der Waals surface area (Å²) in [6.45, 7) is 4.64. The molecule has 0 aliphatic carbocycles. The van der Waals surface area contributed by atoms with Gasteiger partial charge in [0.1, 0.15) is 12.4 Å². The van der Waals surface area contributed by atoms with Gasteiger partial charge in [-0.3, -0.25) is 4.90 Å². The van der Waals surface area contributed by atoms with Crippen molar-refractivity contribution in [1.82, 2.24) is 4.90 Å². The van der Waals surface area contributed by atoms with E-state index in [2.05, 4.69) is 50.4 Å². The molecule has 2 aromatic rings. The maximum absolute atomic E-state index is 9.29. The normalized spacial score (nSPS) is 15.7. The van der Waals surface area contributed by atoms with Gasteiger partial charge < -0.3 is 15.2 Å². The second-order valence-corrected chi connectivity index (χ2v) is 8.20. The number of piperidine rings is 1. The molecule has 0 amide bonds. The molecule has 0 saturated carbocycles. The molecule has 0 bridgehead atoms. The van der Waals surface area contributed by atoms with Crippen LogP contribution in [0.1, 0.15) is 18.4 Å². The number of aliphatic hydroxyl groups is 1. The summed E-state index contributed by atoms with van der Waals surface area (Å²) in [5, 5.41) is 13.5. The molecule has 2 N–H and O–H groups in total. The zero-order valence-electron chi connectivity index (χ0n) is 15.3. The van der Waals surface area contributed by atoms with Gasteiger partial charge in [-0.2, -0.15) is 0 Å². The number of anilines is 1. The summed E-state index contributed by atoms with van der Waals surface area (Å²) >= 11 is 9.43. The maximum Gasteiger partial charge on any atom is 0.133 e. The summed E-state index contributed by atoms with van der Waals surface area (Å²) in [6.07, 6.45) is 2.16. The van der Waals surface area contributed by atoms with Crippen molar-refractivity contribution in [1.29, 1.82) is 0 Å². The second kappa shape index (κ2) is 10.3. The van der Waals surface area contributed by atoms with Gasteiger partial charge in [0.25, 0.3) is 0 Å². The predicted molar refractivity (Wildman–Crippen MR) is 115 cm³/mol. The van der Waals surface area contributed by atoms with E-state index < -0.39 is 0 Å². The monoisotopic (exact) mass is 452 g/mol. The zero-order chi connectivity index (χ0) is 19.1. The third-order valence-corrected chi connectivity index (χ3v) is 5.80. The van der Waals surface area contributed by atoms with Crippen LogP contribution >= 0.6 is 27.5 Å². The van der Waals surface area contributed by atoms with Crippen molar-refractivity contribution in [3.05, 3.63) is 57.5 Å². The van der Waals surface area contributed by atoms with E-state index in [9.17, 15) is 5.11 Å². The molecule has 1 aliphatic heterocycles. The lowest BCUT2D eigenvalue weighted by Gasteiger charge is -2.31. The van der Waals surface area contributed by atoms with Crippen molar-refractivity contribution >= 4 is 33.2 Å². The molecule has 0 unspecified atom stereocenters. The highest BCUT2D eigenvalue weighted by Gasteiger charge is 2.19. The van der Waals surface area contributed by atoms with Crippen LogP contribution in [-0.2, 0) is 6.54 Å². The molecule has 4 nitrogen and oxygen atoms in total. The largest absolute Gasteiger partial charge is 0.491 e. The number of aliphatic hydroxyl groups excluding tert-OH is 1. The number of nitrogens with zero attached hydrogens (tertiary/aromatic N) is 1. The first-order chi connectivity index (χ1) is 13.2. The molecule has 1 heterocycles. The number of rotatable bonds is 8. The van der Waals surface area contributed by atoms with E-state index in [1.54, 1.807) is 0 Å². The smallest absolute Gasteiger partial charge is 0.133 e. The maximum atomic E-state index is 9.29. The Morgan fingerprint density at radius 1 is 1.19 bits per heavy atom. The van der Waals surface area contributed by atoms with Crippen LogP contribution in [0.2, 0.25) is 5.02 Å². The van der Waals surface area contributed by atoms with Gasteiger partial charge in [-0.25, -0.2) is 0 Å². The van der Waals surface area contributed by atoms with Crippen LogP contribution in [0, 0.1) is 5.92 Å². The molecule has 6 heteroatoms. The van der Waals surface area contributed by atoms with E-state index in [1.807, 2.05) is 18.2 Å². The van der Waals surface area contributed by atoms with Gasteiger partial charge in [0.2, 0.25) is 0 Å². The lowest BCUT2D eigenvalue weighted by atomic mass is 9.97. The molecule has 3 rings (SSSR count). The van der Waals surface area contributed by atoms with Crippen LogP contribution < -0.4 is 10.1 Å². The topological polar surface area (TPSA) is 44.7 Å². The lowest BCUT2D eigenvalue weighted by molar-refractivity contribution is 0.127. The van der Waals surface area contributed by atoms with E-state index in [0.717, 1.165) is 54.9 Å². The van der Waals surface area contributed by atoms with Crippen LogP contribution in [-0.4, -0.2) is 42.9 Å². The first kappa shape index (κ1) is 20.5. The minimum atomic E-state index is 0.315. The molecular weight excluding hydrogens is 428 g/mol. The van der Waals surface area contributed by atoms with E-state index in [1.165, 1.54) is 5.56 Å². The fourth-order valence-electron chi connectivity index (χ4n) is 3.34. The molecule has 0 aromatic heterocycles. The van der Waals surface area contributed by atoms with Crippen LogP contribution in [0.15, 0.2) is 46.9 Å². The first-order valence-corrected chi connectivity index (χ1v) is 10.6. The van der Waals surface area contributed by atoms with Gasteiger partial charge in [-0.15, -0.1) is 0 Å². The minimum absolute atomic E-state index is 0.315. The van der Waals surface area contributed by atoms with Crippen molar-refractivity contribution in [3.63, 3.8) is 0 Å². The van der Waals surface area contributed by atoms with Gasteiger partial charge >= 0.3 is 0 Å². The number of nitrogens with one attached hydrogen (secondary N) is 1. The first-order valence-electron chi connectivity index (χ1n) is 9.38. The zero-order valence-corrected chi connectivity index (χ0v) is 17.7. The highest BCUT2D eigenvalue weighted by molar-refractivity contribution is 9.10. The van der Waals surface area contributed by atoms with E-state index in [0.29, 0.717) is 24.2 Å². The third-order valence-electron chi connectivity index (χ3n) is 4.95. The summed E-state index contributed by atoms with van der Waals surface area (Å²) < 4.78 is 6.69. The molecule has 27 heavy (non-hydrogen) atoms. The molecule has 146 valence electrons. The van der Waals surface area contributed by atoms with E-state index >= 15 is 0 Å². The van der Waals surface area contributed by atoms with Gasteiger partial charge in [-0.1, -0.05) is 29.8 Å². The SMILES string of the molecule is OCC1CCN(Cc2ccccc2NCCOc2ccc(Cl)cc2Br)CC1. The molecule has 0 atom stereocenters. The third kappa shape index (κ3) is 6.11. The summed E-state index contributed by atoms with van der Waals surface area (Å²) in [6, 6.07) is 14.0. The minimum Gasteiger partial charge on any atom is -0.491 e. The Morgan fingerprint density at radius 3 is 2.70 bits per heavy atom. The average molecular weight is 454 g/mol. The van der Waals surface area contributed by atoms with Crippen molar-refractivity contribution < 1.29 is 9.84 Å². The Kier molecular flexibility index (Phi) is 7.82. The number of hydrogen-bond donors (Lipinski definition) is 2. The van der Waals surface area contributed by atoms with Crippen molar-refractivity contribution in [2.75, 3.05) is 38.2 Å². The summed E-state index contributed by atoms with van der Waals surface area (Å²) in [5.74, 6) is 1.26. The van der Waals surface area contributed by atoms with Gasteiger partial charge in [0.15, 0.2) is 0 Å². The van der Waals surface area contributed by atoms with Gasteiger partial charge in [0.05, 0.1) is 4.47 Å². The summed E-state index contributed by atoms with van der Waals surface area (Å²) in [7, 11) is 0. The number of hydrogen-bond acceptors (Lipinski definition) is 4.